The van der Waals surface area contributed by atoms with E-state index in [0.29, 0.717) is 0 Å². The Hall–Kier alpha value is -0.810. The van der Waals surface area contributed by atoms with Crippen molar-refractivity contribution in [3.8, 4) is 0 Å². The van der Waals surface area contributed by atoms with Crippen LogP contribution in [0.1, 0.15) is 6.92 Å². The first-order chi connectivity index (χ1) is 3.68. The topological polar surface area (TPSA) is 87.0 Å². The van der Waals surface area contributed by atoms with E-state index in [4.69, 9.17) is 20.3 Å². The first-order valence-corrected chi connectivity index (χ1v) is 1.84. The molecular formula is C3H8O5. The van der Waals surface area contributed by atoms with Crippen molar-refractivity contribution in [2.24, 2.45) is 0 Å². The number of carbonyl (C=O) groups is 1. The minimum absolute atomic E-state index is 0.250. The molecule has 0 bridgehead atoms. The van der Waals surface area contributed by atoms with Gasteiger partial charge in [-0.25, -0.2) is 4.79 Å². The molecule has 3 N–H and O–H groups in total. The van der Waals surface area contributed by atoms with Gasteiger partial charge < -0.3 is 10.2 Å². The Morgan fingerprint density at radius 1 is 1.75 bits per heavy atom. The van der Waals surface area contributed by atoms with Crippen molar-refractivity contribution >= 4 is 6.16 Å². The zero-order valence-electron chi connectivity index (χ0n) is 4.37. The Balaban J connectivity index is 0. The molecule has 5 nitrogen and oxygen atoms in total. The normalized spacial score (nSPS) is 6.38. The third-order valence-electron chi connectivity index (χ3n) is 0.0781. The summed E-state index contributed by atoms with van der Waals surface area (Å²) in [6.07, 6.45) is -1.69. The van der Waals surface area contributed by atoms with Gasteiger partial charge in [-0.15, -0.1) is 0 Å². The molecule has 50 valence electrons. The largest absolute Gasteiger partial charge is 0.537 e. The van der Waals surface area contributed by atoms with Gasteiger partial charge in [0.25, 0.3) is 0 Å². The lowest BCUT2D eigenvalue weighted by molar-refractivity contribution is -0.194. The fraction of sp³-hybridized carbons (Fsp3) is 0.667. The van der Waals surface area contributed by atoms with E-state index in [2.05, 4.69) is 4.89 Å². The molecule has 0 fully saturated rings. The summed E-state index contributed by atoms with van der Waals surface area (Å²) in [5.74, 6) is 0. The summed E-state index contributed by atoms with van der Waals surface area (Å²) < 4.78 is 0. The van der Waals surface area contributed by atoms with E-state index >= 15 is 0 Å². The minimum atomic E-state index is -1.69. The van der Waals surface area contributed by atoms with E-state index < -0.39 is 6.16 Å². The van der Waals surface area contributed by atoms with E-state index in [1.165, 1.54) is 0 Å². The summed E-state index contributed by atoms with van der Waals surface area (Å²) in [5, 5.41) is 21.9. The first-order valence-electron chi connectivity index (χ1n) is 1.84. The molecule has 0 aliphatic heterocycles. The van der Waals surface area contributed by atoms with Gasteiger partial charge in [-0.1, -0.05) is 0 Å². The monoisotopic (exact) mass is 124 g/mol. The smallest absolute Gasteiger partial charge is 0.448 e. The summed E-state index contributed by atoms with van der Waals surface area (Å²) >= 11 is 0. The van der Waals surface area contributed by atoms with Crippen LogP contribution < -0.4 is 0 Å². The second-order valence-electron chi connectivity index (χ2n) is 0.673. The quantitative estimate of drug-likeness (QED) is 0.316. The number of aliphatic hydroxyl groups excluding tert-OH is 1. The Morgan fingerprint density at radius 3 is 1.88 bits per heavy atom. The lowest BCUT2D eigenvalue weighted by atomic mass is 10.9. The van der Waals surface area contributed by atoms with Gasteiger partial charge in [0, 0.05) is 6.61 Å². The van der Waals surface area contributed by atoms with Crippen LogP contribution in [0.5, 0.6) is 0 Å². The fourth-order valence-electron chi connectivity index (χ4n) is 0. The highest BCUT2D eigenvalue weighted by Gasteiger charge is 1.84. The molecule has 0 aromatic rings. The van der Waals surface area contributed by atoms with Crippen molar-refractivity contribution in [3.05, 3.63) is 0 Å². The van der Waals surface area contributed by atoms with Crippen molar-refractivity contribution in [1.82, 2.24) is 0 Å². The molecule has 0 aromatic carbocycles. The van der Waals surface area contributed by atoms with Crippen molar-refractivity contribution < 1.29 is 25.2 Å². The SMILES string of the molecule is CCO.O=C(O)OO. The van der Waals surface area contributed by atoms with E-state index in [1.54, 1.807) is 6.92 Å². The van der Waals surface area contributed by atoms with Gasteiger partial charge in [-0.2, -0.15) is 5.26 Å². The van der Waals surface area contributed by atoms with E-state index in [0.717, 1.165) is 0 Å². The highest BCUT2D eigenvalue weighted by atomic mass is 17.1. The van der Waals surface area contributed by atoms with Crippen molar-refractivity contribution in [3.63, 3.8) is 0 Å². The van der Waals surface area contributed by atoms with Gasteiger partial charge in [0.15, 0.2) is 0 Å². The van der Waals surface area contributed by atoms with Crippen LogP contribution in [0, 0.1) is 0 Å². The molecule has 0 radical (unpaired) electrons. The summed E-state index contributed by atoms with van der Waals surface area (Å²) in [5.41, 5.74) is 0. The Bertz CT molecular complexity index is 51.6. The second kappa shape index (κ2) is 9.50. The van der Waals surface area contributed by atoms with Crippen LogP contribution in [0.15, 0.2) is 0 Å². The van der Waals surface area contributed by atoms with Gasteiger partial charge in [0.05, 0.1) is 0 Å². The second-order valence-corrected chi connectivity index (χ2v) is 0.673. The lowest BCUT2D eigenvalue weighted by Crippen LogP contribution is -1.91. The zero-order chi connectivity index (χ0) is 6.99. The molecule has 0 unspecified atom stereocenters. The van der Waals surface area contributed by atoms with Crippen molar-refractivity contribution in [2.45, 2.75) is 6.92 Å². The number of hydrogen-bond donors (Lipinski definition) is 3. The predicted octanol–water partition coefficient (Wildman–Crippen LogP) is 0.153. The molecule has 5 heteroatoms. The zero-order valence-corrected chi connectivity index (χ0v) is 4.37. The molecule has 0 heterocycles. The molecule has 0 atom stereocenters. The maximum atomic E-state index is 8.90. The van der Waals surface area contributed by atoms with E-state index in [1.807, 2.05) is 0 Å². The third-order valence-corrected chi connectivity index (χ3v) is 0.0781. The predicted molar refractivity (Wildman–Crippen MR) is 24.5 cm³/mol. The molecular weight excluding hydrogens is 116 g/mol. The summed E-state index contributed by atoms with van der Waals surface area (Å²) in [7, 11) is 0. The minimum Gasteiger partial charge on any atom is -0.448 e. The number of carboxylic acid groups (broad SMARTS) is 1. The molecule has 0 aromatic heterocycles. The van der Waals surface area contributed by atoms with E-state index in [9.17, 15) is 0 Å². The van der Waals surface area contributed by atoms with Crippen LogP contribution in [0.3, 0.4) is 0 Å². The molecule has 0 amide bonds. The molecule has 0 rings (SSSR count). The molecule has 0 spiro atoms. The van der Waals surface area contributed by atoms with Gasteiger partial charge in [-0.3, -0.25) is 4.89 Å². The average Bonchev–Trinajstić information content (AvgIpc) is 1.69. The third kappa shape index (κ3) is 64.3. The van der Waals surface area contributed by atoms with Crippen LogP contribution in [0.25, 0.3) is 0 Å². The van der Waals surface area contributed by atoms with Crippen LogP contribution >= 0.6 is 0 Å². The summed E-state index contributed by atoms with van der Waals surface area (Å²) in [4.78, 5) is 11.6. The number of aliphatic hydroxyl groups is 1. The Labute approximate surface area is 46.1 Å². The number of rotatable bonds is 0. The molecule has 0 saturated heterocycles. The highest BCUT2D eigenvalue weighted by molar-refractivity contribution is 5.55. The van der Waals surface area contributed by atoms with Crippen molar-refractivity contribution in [1.29, 1.82) is 0 Å². The Kier molecular flexibility index (Phi) is 12.1. The number of hydrogen-bond acceptors (Lipinski definition) is 4. The van der Waals surface area contributed by atoms with Gasteiger partial charge in [-0.05, 0) is 6.92 Å². The summed E-state index contributed by atoms with van der Waals surface area (Å²) in [6, 6.07) is 0. The maximum Gasteiger partial charge on any atom is 0.537 e. The molecule has 8 heavy (non-hydrogen) atoms. The van der Waals surface area contributed by atoms with E-state index in [-0.39, 0.29) is 6.61 Å². The standard InChI is InChI=1S/C2H6O.CH2O4/c1-2-3;2-1(3)5-4/h3H,2H2,1H3;4H,(H,2,3). The average molecular weight is 124 g/mol. The molecule has 0 aliphatic rings. The highest BCUT2D eigenvalue weighted by Crippen LogP contribution is 1.59. The van der Waals surface area contributed by atoms with Crippen LogP contribution in [0.4, 0.5) is 4.79 Å². The van der Waals surface area contributed by atoms with Crippen LogP contribution in [-0.2, 0) is 4.89 Å². The van der Waals surface area contributed by atoms with Gasteiger partial charge in [0.2, 0.25) is 0 Å². The van der Waals surface area contributed by atoms with Gasteiger partial charge >= 0.3 is 6.16 Å². The molecule has 0 aliphatic carbocycles. The first kappa shape index (κ1) is 10.2. The van der Waals surface area contributed by atoms with Crippen molar-refractivity contribution in [2.75, 3.05) is 6.61 Å². The van der Waals surface area contributed by atoms with Gasteiger partial charge in [0.1, 0.15) is 0 Å². The van der Waals surface area contributed by atoms with Crippen LogP contribution in [0.2, 0.25) is 0 Å². The van der Waals surface area contributed by atoms with Crippen LogP contribution in [-0.4, -0.2) is 28.2 Å². The lowest BCUT2D eigenvalue weighted by Gasteiger charge is -1.75. The molecule has 0 saturated carbocycles. The summed E-state index contributed by atoms with van der Waals surface area (Å²) in [6.45, 7) is 1.93. The fourth-order valence-corrected chi connectivity index (χ4v) is 0. The maximum absolute atomic E-state index is 8.90. The Morgan fingerprint density at radius 2 is 1.88 bits per heavy atom.